The summed E-state index contributed by atoms with van der Waals surface area (Å²) >= 11 is 1.75. The molecule has 0 bridgehead atoms. The number of carbonyl (C=O) groups excluding carboxylic acids is 2. The Hall–Kier alpha value is -1.86. The summed E-state index contributed by atoms with van der Waals surface area (Å²) in [6.07, 6.45) is 1.56. The third-order valence-corrected chi connectivity index (χ3v) is 7.51. The average molecular weight is 445 g/mol. The lowest BCUT2D eigenvalue weighted by Crippen LogP contribution is -2.55. The fourth-order valence-electron chi connectivity index (χ4n) is 4.51. The van der Waals surface area contributed by atoms with E-state index in [1.807, 2.05) is 40.3 Å². The molecule has 3 rings (SSSR count). The number of amides is 2. The lowest BCUT2D eigenvalue weighted by molar-refractivity contribution is -0.142. The quantitative estimate of drug-likeness (QED) is 0.702. The molecule has 7 heteroatoms. The second-order valence-electron chi connectivity index (χ2n) is 9.73. The molecule has 0 saturated carbocycles. The number of hydrogen-bond acceptors (Lipinski definition) is 5. The molecule has 0 spiro atoms. The molecule has 1 aromatic carbocycles. The van der Waals surface area contributed by atoms with Gasteiger partial charge in [0.05, 0.1) is 28.9 Å². The highest BCUT2D eigenvalue weighted by atomic mass is 32.2. The van der Waals surface area contributed by atoms with Crippen LogP contribution in [0.3, 0.4) is 0 Å². The van der Waals surface area contributed by atoms with Crippen LogP contribution >= 0.6 is 11.8 Å². The van der Waals surface area contributed by atoms with Crippen LogP contribution in [0.25, 0.3) is 0 Å². The number of likely N-dealkylation sites (tertiary alicyclic amines) is 1. The minimum atomic E-state index is -0.402. The third-order valence-electron chi connectivity index (χ3n) is 6.31. The van der Waals surface area contributed by atoms with Gasteiger partial charge < -0.3 is 15.5 Å². The Balaban J connectivity index is 1.64. The van der Waals surface area contributed by atoms with Crippen molar-refractivity contribution in [1.82, 2.24) is 15.5 Å². The summed E-state index contributed by atoms with van der Waals surface area (Å²) in [5.41, 5.74) is 4.03. The van der Waals surface area contributed by atoms with Gasteiger partial charge in [-0.3, -0.25) is 14.6 Å². The summed E-state index contributed by atoms with van der Waals surface area (Å²) in [6, 6.07) is 7.88. The lowest BCUT2D eigenvalue weighted by Gasteiger charge is -2.35. The number of likely N-dealkylation sites (N-methyl/N-ethyl adjacent to an activating group) is 1. The number of hydrogen-bond donors (Lipinski definition) is 2. The molecule has 1 saturated heterocycles. The summed E-state index contributed by atoms with van der Waals surface area (Å²) in [5, 5.41) is 6.64. The number of nitrogens with one attached hydrogen (secondary N) is 2. The van der Waals surface area contributed by atoms with Gasteiger partial charge >= 0.3 is 0 Å². The van der Waals surface area contributed by atoms with Crippen LogP contribution in [0.4, 0.5) is 0 Å². The second kappa shape index (κ2) is 9.74. The first kappa shape index (κ1) is 23.8. The summed E-state index contributed by atoms with van der Waals surface area (Å²) in [4.78, 5) is 32.4. The molecule has 0 aromatic heterocycles. The second-order valence-corrected chi connectivity index (χ2v) is 10.7. The molecule has 2 aliphatic rings. The van der Waals surface area contributed by atoms with E-state index in [-0.39, 0.29) is 35.4 Å². The van der Waals surface area contributed by atoms with Crippen molar-refractivity contribution in [3.8, 4) is 0 Å². The van der Waals surface area contributed by atoms with Crippen molar-refractivity contribution < 1.29 is 9.59 Å². The largest absolute Gasteiger partial charge is 0.348 e. The monoisotopic (exact) mass is 444 g/mol. The Morgan fingerprint density at radius 3 is 2.45 bits per heavy atom. The summed E-state index contributed by atoms with van der Waals surface area (Å²) in [7, 11) is 1.81. The molecule has 5 atom stereocenters. The molecule has 6 nitrogen and oxygen atoms in total. The van der Waals surface area contributed by atoms with Crippen LogP contribution < -0.4 is 10.6 Å². The molecule has 0 radical (unpaired) electrons. The lowest BCUT2D eigenvalue weighted by atomic mass is 9.86. The van der Waals surface area contributed by atoms with Gasteiger partial charge in [0.25, 0.3) is 0 Å². The predicted octanol–water partition coefficient (Wildman–Crippen LogP) is 3.69. The molecule has 2 aliphatic heterocycles. The Morgan fingerprint density at radius 2 is 1.90 bits per heavy atom. The molecular formula is C24H36N4O2S. The molecule has 0 aliphatic carbocycles. The molecule has 1 fully saturated rings. The van der Waals surface area contributed by atoms with Gasteiger partial charge in [-0.05, 0) is 50.3 Å². The van der Waals surface area contributed by atoms with E-state index in [0.29, 0.717) is 18.2 Å². The first-order valence-corrected chi connectivity index (χ1v) is 12.1. The first-order valence-electron chi connectivity index (χ1n) is 11.2. The molecule has 2 amide bonds. The maximum atomic E-state index is 13.2. The van der Waals surface area contributed by atoms with Crippen molar-refractivity contribution in [3.05, 3.63) is 35.4 Å². The smallest absolute Gasteiger partial charge is 0.243 e. The van der Waals surface area contributed by atoms with Gasteiger partial charge in [-0.15, -0.1) is 11.8 Å². The Labute approximate surface area is 190 Å². The zero-order valence-corrected chi connectivity index (χ0v) is 20.3. The minimum Gasteiger partial charge on any atom is -0.348 e. The predicted molar refractivity (Wildman–Crippen MR) is 128 cm³/mol. The normalized spacial score (nSPS) is 25.5. The number of thioether (sulfide) groups is 1. The highest BCUT2D eigenvalue weighted by Crippen LogP contribution is 2.37. The van der Waals surface area contributed by atoms with E-state index < -0.39 is 6.04 Å². The van der Waals surface area contributed by atoms with Crippen LogP contribution in [0.5, 0.6) is 0 Å². The van der Waals surface area contributed by atoms with E-state index in [4.69, 9.17) is 0 Å². The van der Waals surface area contributed by atoms with Crippen molar-refractivity contribution in [1.29, 1.82) is 0 Å². The van der Waals surface area contributed by atoms with Crippen molar-refractivity contribution in [2.45, 2.75) is 76.9 Å². The Kier molecular flexibility index (Phi) is 7.47. The van der Waals surface area contributed by atoms with Crippen molar-refractivity contribution in [3.63, 3.8) is 0 Å². The van der Waals surface area contributed by atoms with Crippen molar-refractivity contribution >= 4 is 29.1 Å². The average Bonchev–Trinajstić information content (AvgIpc) is 3.36. The number of benzene rings is 1. The maximum Gasteiger partial charge on any atom is 0.243 e. The summed E-state index contributed by atoms with van der Waals surface area (Å²) < 4.78 is 0. The molecule has 4 unspecified atom stereocenters. The number of rotatable bonds is 6. The van der Waals surface area contributed by atoms with Crippen LogP contribution in [0.2, 0.25) is 0 Å². The summed E-state index contributed by atoms with van der Waals surface area (Å²) in [5.74, 6) is -0.0605. The van der Waals surface area contributed by atoms with E-state index in [1.165, 1.54) is 5.56 Å². The van der Waals surface area contributed by atoms with Gasteiger partial charge in [-0.2, -0.15) is 0 Å². The van der Waals surface area contributed by atoms with Crippen LogP contribution in [-0.2, 0) is 9.59 Å². The summed E-state index contributed by atoms with van der Waals surface area (Å²) in [6.45, 7) is 10.9. The highest BCUT2D eigenvalue weighted by Gasteiger charge is 2.40. The third kappa shape index (κ3) is 5.32. The standard InChI is InChI=1S/C24H36N4O2S/c1-15(17-9-11-18(12-10-17)20-16(2)26-14-31-20)27-22(29)19-8-7-13-28(19)23(30)21(25-6)24(3,4)5/h9-12,14-16,19-21,25H,7-8,13H2,1-6H3,(H,27,29)/t15?,16?,19-,20?,21?/m0/s1. The van der Waals surface area contributed by atoms with E-state index in [9.17, 15) is 9.59 Å². The van der Waals surface area contributed by atoms with Gasteiger partial charge in [0.2, 0.25) is 11.8 Å². The van der Waals surface area contributed by atoms with Crippen molar-refractivity contribution in [2.75, 3.05) is 13.6 Å². The van der Waals surface area contributed by atoms with Gasteiger partial charge in [0.1, 0.15) is 6.04 Å². The molecule has 2 heterocycles. The first-order chi connectivity index (χ1) is 14.6. The zero-order valence-electron chi connectivity index (χ0n) is 19.5. The molecule has 31 heavy (non-hydrogen) atoms. The van der Waals surface area contributed by atoms with E-state index >= 15 is 0 Å². The maximum absolute atomic E-state index is 13.2. The minimum absolute atomic E-state index is 0.00931. The Morgan fingerprint density at radius 1 is 1.23 bits per heavy atom. The van der Waals surface area contributed by atoms with Crippen molar-refractivity contribution in [2.24, 2.45) is 10.4 Å². The topological polar surface area (TPSA) is 73.8 Å². The van der Waals surface area contributed by atoms with Crippen LogP contribution in [0, 0.1) is 5.41 Å². The zero-order chi connectivity index (χ0) is 22.8. The van der Waals surface area contributed by atoms with E-state index in [0.717, 1.165) is 12.0 Å². The fraction of sp³-hybridized carbons (Fsp3) is 0.625. The van der Waals surface area contributed by atoms with Crippen LogP contribution in [-0.4, -0.2) is 54.0 Å². The van der Waals surface area contributed by atoms with E-state index in [1.54, 1.807) is 16.7 Å². The number of aliphatic imine (C=N–C) groups is 1. The SMILES string of the molecule is CNC(C(=O)N1CCC[C@H]1C(=O)NC(C)c1ccc(C2SC=NC2C)cc1)C(C)(C)C. The number of nitrogens with zero attached hydrogens (tertiary/aromatic N) is 2. The van der Waals surface area contributed by atoms with Gasteiger partial charge in [-0.1, -0.05) is 45.0 Å². The van der Waals surface area contributed by atoms with Crippen LogP contribution in [0.15, 0.2) is 29.3 Å². The fourth-order valence-corrected chi connectivity index (χ4v) is 5.51. The molecule has 170 valence electrons. The molecular weight excluding hydrogens is 408 g/mol. The highest BCUT2D eigenvalue weighted by molar-refractivity contribution is 8.12. The van der Waals surface area contributed by atoms with E-state index in [2.05, 4.69) is 46.8 Å². The van der Waals surface area contributed by atoms with Gasteiger partial charge in [0.15, 0.2) is 0 Å². The van der Waals surface area contributed by atoms with Gasteiger partial charge in [0, 0.05) is 6.54 Å². The number of carbonyl (C=O) groups is 2. The molecule has 1 aromatic rings. The van der Waals surface area contributed by atoms with Gasteiger partial charge in [-0.25, -0.2) is 0 Å². The molecule has 2 N–H and O–H groups in total. The Bertz CT molecular complexity index is 818. The van der Waals surface area contributed by atoms with Crippen LogP contribution in [0.1, 0.15) is 69.9 Å².